The first kappa shape index (κ1) is 25.7. The van der Waals surface area contributed by atoms with Gasteiger partial charge in [-0.2, -0.15) is 13.2 Å². The number of anilines is 1. The Hall–Kier alpha value is -2.92. The molecule has 1 unspecified atom stereocenters. The van der Waals surface area contributed by atoms with Crippen LogP contribution >= 0.6 is 0 Å². The number of likely N-dealkylation sites (tertiary alicyclic amines) is 2. The van der Waals surface area contributed by atoms with Crippen LogP contribution in [0.4, 0.5) is 19.0 Å². The van der Waals surface area contributed by atoms with Crippen LogP contribution in [0.25, 0.3) is 11.0 Å². The van der Waals surface area contributed by atoms with Gasteiger partial charge in [-0.05, 0) is 70.0 Å². The highest BCUT2D eigenvalue weighted by Gasteiger charge is 2.47. The zero-order valence-electron chi connectivity index (χ0n) is 20.7. The Balaban J connectivity index is 1.15. The van der Waals surface area contributed by atoms with Crippen LogP contribution in [-0.2, 0) is 11.0 Å². The average molecular weight is 520 g/mol. The molecule has 1 amide bonds. The van der Waals surface area contributed by atoms with Crippen LogP contribution in [0, 0.1) is 5.41 Å². The molecule has 0 bridgehead atoms. The van der Waals surface area contributed by atoms with Crippen molar-refractivity contribution in [2.24, 2.45) is 10.4 Å². The van der Waals surface area contributed by atoms with Crippen molar-refractivity contribution in [3.63, 3.8) is 0 Å². The molecule has 1 aliphatic carbocycles. The van der Waals surface area contributed by atoms with E-state index in [1.54, 1.807) is 0 Å². The third kappa shape index (κ3) is 4.98. The predicted molar refractivity (Wildman–Crippen MR) is 133 cm³/mol. The Bertz CT molecular complexity index is 1200. The van der Waals surface area contributed by atoms with Crippen LogP contribution in [0.2, 0.25) is 0 Å². The number of halogens is 3. The second-order valence-electron chi connectivity index (χ2n) is 10.7. The van der Waals surface area contributed by atoms with Gasteiger partial charge < -0.3 is 19.8 Å². The Labute approximate surface area is 213 Å². The number of carbonyl (C=O) groups excluding carboxylic acids is 1. The molecule has 0 radical (unpaired) electrons. The maximum Gasteiger partial charge on any atom is 0.416 e. The molecule has 1 atom stereocenters. The summed E-state index contributed by atoms with van der Waals surface area (Å²) < 4.78 is 44.4. The Morgan fingerprint density at radius 1 is 1.22 bits per heavy atom. The number of amides is 1. The summed E-state index contributed by atoms with van der Waals surface area (Å²) in [5.41, 5.74) is -1.03. The largest absolute Gasteiger partial charge is 0.416 e. The van der Waals surface area contributed by atoms with E-state index in [4.69, 9.17) is 4.52 Å². The SMILES string of the molecule is C=NC(=C)C1(O)CCC(N2CCC3(CCN(C(=O)CNc4noc5ccc(C(F)(F)F)cc45)C3)C2)CC1. The van der Waals surface area contributed by atoms with E-state index in [0.717, 1.165) is 50.9 Å². The molecule has 2 aliphatic heterocycles. The van der Waals surface area contributed by atoms with Crippen molar-refractivity contribution >= 4 is 29.4 Å². The van der Waals surface area contributed by atoms with Gasteiger partial charge in [0.1, 0.15) is 5.60 Å². The van der Waals surface area contributed by atoms with Gasteiger partial charge in [-0.25, -0.2) is 0 Å². The molecule has 2 aromatic rings. The van der Waals surface area contributed by atoms with Gasteiger partial charge in [0.25, 0.3) is 0 Å². The molecule has 2 saturated heterocycles. The van der Waals surface area contributed by atoms with Crippen molar-refractivity contribution in [2.75, 3.05) is 38.0 Å². The third-order valence-electron chi connectivity index (χ3n) is 8.49. The van der Waals surface area contributed by atoms with Crippen molar-refractivity contribution in [3.05, 3.63) is 36.0 Å². The Kier molecular flexibility index (Phi) is 6.56. The number of hydrogen-bond donors (Lipinski definition) is 2. The summed E-state index contributed by atoms with van der Waals surface area (Å²) in [6.45, 7) is 10.5. The summed E-state index contributed by atoms with van der Waals surface area (Å²) >= 11 is 0. The number of rotatable bonds is 6. The van der Waals surface area contributed by atoms with Gasteiger partial charge in [-0.1, -0.05) is 11.7 Å². The summed E-state index contributed by atoms with van der Waals surface area (Å²) in [5, 5.41) is 17.6. The minimum absolute atomic E-state index is 0.0534. The van der Waals surface area contributed by atoms with Crippen LogP contribution in [-0.4, -0.2) is 77.1 Å². The van der Waals surface area contributed by atoms with Crippen LogP contribution in [0.3, 0.4) is 0 Å². The fourth-order valence-electron chi connectivity index (χ4n) is 6.16. The highest BCUT2D eigenvalue weighted by Crippen LogP contribution is 2.43. The molecule has 3 fully saturated rings. The third-order valence-corrected chi connectivity index (χ3v) is 8.49. The lowest BCUT2D eigenvalue weighted by molar-refractivity contribution is -0.137. The molecule has 1 aromatic carbocycles. The zero-order valence-corrected chi connectivity index (χ0v) is 20.7. The highest BCUT2D eigenvalue weighted by atomic mass is 19.4. The van der Waals surface area contributed by atoms with Gasteiger partial charge >= 0.3 is 6.18 Å². The predicted octanol–water partition coefficient (Wildman–Crippen LogP) is 4.07. The molecule has 3 aliphatic rings. The minimum Gasteiger partial charge on any atom is -0.384 e. The van der Waals surface area contributed by atoms with Gasteiger partial charge in [0.2, 0.25) is 5.91 Å². The number of alkyl halides is 3. The molecule has 8 nitrogen and oxygen atoms in total. The molecule has 2 N–H and O–H groups in total. The number of carbonyl (C=O) groups is 1. The van der Waals surface area contributed by atoms with E-state index in [9.17, 15) is 23.1 Å². The second kappa shape index (κ2) is 9.43. The quantitative estimate of drug-likeness (QED) is 0.559. The maximum atomic E-state index is 13.1. The smallest absolute Gasteiger partial charge is 0.384 e. The number of aliphatic imine (C=N–C) groups is 1. The average Bonchev–Trinajstić information content (AvgIpc) is 3.60. The normalized spacial score (nSPS) is 28.8. The molecule has 3 heterocycles. The first-order valence-electron chi connectivity index (χ1n) is 12.6. The van der Waals surface area contributed by atoms with Crippen LogP contribution in [0.5, 0.6) is 0 Å². The molecule has 1 saturated carbocycles. The van der Waals surface area contributed by atoms with Gasteiger partial charge in [0.05, 0.1) is 23.2 Å². The van der Waals surface area contributed by atoms with Gasteiger partial charge in [0.15, 0.2) is 11.4 Å². The molecule has 5 rings (SSSR count). The van der Waals surface area contributed by atoms with Gasteiger partial charge in [0, 0.05) is 31.1 Å². The van der Waals surface area contributed by atoms with Crippen LogP contribution < -0.4 is 5.32 Å². The van der Waals surface area contributed by atoms with Crippen LogP contribution in [0.15, 0.2) is 40.0 Å². The van der Waals surface area contributed by atoms with E-state index in [2.05, 4.69) is 33.7 Å². The number of aromatic nitrogens is 1. The standard InChI is InChI=1S/C26H32F3N5O3/c1-17(30-2)25(36)7-5-19(6-8-25)33-11-9-24(15-33)10-12-34(16-24)22(35)14-31-23-20-13-18(26(27,28)29)3-4-21(20)37-32-23/h3-4,13,19,36H,1-2,5-12,14-16H2,(H,31,32). The lowest BCUT2D eigenvalue weighted by Gasteiger charge is -2.40. The van der Waals surface area contributed by atoms with Crippen molar-refractivity contribution in [3.8, 4) is 0 Å². The number of nitrogens with one attached hydrogen (secondary N) is 1. The first-order chi connectivity index (χ1) is 17.5. The summed E-state index contributed by atoms with van der Waals surface area (Å²) in [5.74, 6) is 0.0126. The molecular formula is C26H32F3N5O3. The van der Waals surface area contributed by atoms with E-state index in [0.29, 0.717) is 37.7 Å². The Morgan fingerprint density at radius 2 is 1.95 bits per heavy atom. The molecule has 11 heteroatoms. The lowest BCUT2D eigenvalue weighted by Crippen LogP contribution is -2.44. The van der Waals surface area contributed by atoms with Crippen LogP contribution in [0.1, 0.15) is 44.1 Å². The van der Waals surface area contributed by atoms with Gasteiger partial charge in [-0.3, -0.25) is 14.7 Å². The first-order valence-corrected chi connectivity index (χ1v) is 12.6. The topological polar surface area (TPSA) is 94.2 Å². The summed E-state index contributed by atoms with van der Waals surface area (Å²) in [6, 6.07) is 3.55. The number of nitrogens with zero attached hydrogens (tertiary/aromatic N) is 4. The van der Waals surface area contributed by atoms with Gasteiger partial charge in [-0.15, -0.1) is 0 Å². The summed E-state index contributed by atoms with van der Waals surface area (Å²) in [6.07, 6.45) is 0.441. The Morgan fingerprint density at radius 3 is 2.65 bits per heavy atom. The second-order valence-corrected chi connectivity index (χ2v) is 10.7. The maximum absolute atomic E-state index is 13.1. The fraction of sp³-hybridized carbons (Fsp3) is 0.577. The minimum atomic E-state index is -4.48. The number of fused-ring (bicyclic) bond motifs is 1. The van der Waals surface area contributed by atoms with Crippen molar-refractivity contribution in [2.45, 2.75) is 56.3 Å². The van der Waals surface area contributed by atoms with E-state index < -0.39 is 17.3 Å². The van der Waals surface area contributed by atoms with E-state index in [1.807, 2.05) is 4.90 Å². The summed E-state index contributed by atoms with van der Waals surface area (Å²) in [4.78, 5) is 21.1. The van der Waals surface area contributed by atoms with Crippen molar-refractivity contribution in [1.82, 2.24) is 15.0 Å². The molecule has 1 aromatic heterocycles. The zero-order chi connectivity index (χ0) is 26.4. The van der Waals surface area contributed by atoms with Crippen molar-refractivity contribution < 1.29 is 27.6 Å². The number of benzene rings is 1. The monoisotopic (exact) mass is 519 g/mol. The van der Waals surface area contributed by atoms with E-state index >= 15 is 0 Å². The molecule has 200 valence electrons. The van der Waals surface area contributed by atoms with E-state index in [-0.39, 0.29) is 34.7 Å². The van der Waals surface area contributed by atoms with Crippen molar-refractivity contribution in [1.29, 1.82) is 0 Å². The molecular weight excluding hydrogens is 487 g/mol. The fourth-order valence-corrected chi connectivity index (χ4v) is 6.16. The van der Waals surface area contributed by atoms with E-state index in [1.165, 1.54) is 6.07 Å². The molecule has 37 heavy (non-hydrogen) atoms. The lowest BCUT2D eigenvalue weighted by atomic mass is 9.80. The highest BCUT2D eigenvalue weighted by molar-refractivity contribution is 5.90. The number of hydrogen-bond acceptors (Lipinski definition) is 7. The summed E-state index contributed by atoms with van der Waals surface area (Å²) in [7, 11) is 0. The number of aliphatic hydroxyl groups is 1. The molecule has 1 spiro atoms.